The van der Waals surface area contributed by atoms with Crippen LogP contribution in [0.4, 0.5) is 4.79 Å². The van der Waals surface area contributed by atoms with Crippen LogP contribution in [0.15, 0.2) is 0 Å². The van der Waals surface area contributed by atoms with Crippen LogP contribution in [0.25, 0.3) is 0 Å². The van der Waals surface area contributed by atoms with Crippen molar-refractivity contribution in [3.63, 3.8) is 0 Å². The Labute approximate surface area is 90.6 Å². The SMILES string of the molecule is CC(C)(C)NC(=O)NCC1(O)CCNC1. The van der Waals surface area contributed by atoms with Gasteiger partial charge in [-0.2, -0.15) is 0 Å². The van der Waals surface area contributed by atoms with Crippen molar-refractivity contribution >= 4 is 6.03 Å². The van der Waals surface area contributed by atoms with Gasteiger partial charge in [-0.1, -0.05) is 0 Å². The van der Waals surface area contributed by atoms with Gasteiger partial charge in [-0.25, -0.2) is 4.79 Å². The predicted molar refractivity (Wildman–Crippen MR) is 58.7 cm³/mol. The number of carbonyl (C=O) groups is 1. The minimum atomic E-state index is -0.783. The molecule has 1 saturated heterocycles. The van der Waals surface area contributed by atoms with E-state index >= 15 is 0 Å². The average Bonchev–Trinajstić information content (AvgIpc) is 2.47. The first-order valence-electron chi connectivity index (χ1n) is 5.30. The largest absolute Gasteiger partial charge is 0.387 e. The minimum absolute atomic E-state index is 0.233. The van der Waals surface area contributed by atoms with Crippen molar-refractivity contribution in [2.24, 2.45) is 0 Å². The molecule has 0 saturated carbocycles. The fourth-order valence-electron chi connectivity index (χ4n) is 1.51. The van der Waals surface area contributed by atoms with Crippen molar-refractivity contribution < 1.29 is 9.90 Å². The standard InChI is InChI=1S/C10H21N3O2/c1-9(2,3)13-8(14)12-7-10(15)4-5-11-6-10/h11,15H,4-7H2,1-3H3,(H2,12,13,14). The number of nitrogens with one attached hydrogen (secondary N) is 3. The summed E-state index contributed by atoms with van der Waals surface area (Å²) in [4.78, 5) is 11.4. The summed E-state index contributed by atoms with van der Waals surface area (Å²) in [5.41, 5.74) is -1.03. The quantitative estimate of drug-likeness (QED) is 0.516. The first-order valence-corrected chi connectivity index (χ1v) is 5.30. The van der Waals surface area contributed by atoms with Crippen LogP contribution in [0.5, 0.6) is 0 Å². The second-order valence-electron chi connectivity index (χ2n) is 5.21. The van der Waals surface area contributed by atoms with Crippen molar-refractivity contribution in [1.82, 2.24) is 16.0 Å². The molecule has 0 spiro atoms. The van der Waals surface area contributed by atoms with Crippen LogP contribution in [0.2, 0.25) is 0 Å². The zero-order valence-electron chi connectivity index (χ0n) is 9.68. The molecule has 5 heteroatoms. The molecular weight excluding hydrogens is 194 g/mol. The van der Waals surface area contributed by atoms with Gasteiger partial charge in [0, 0.05) is 18.6 Å². The molecule has 88 valence electrons. The number of aliphatic hydroxyl groups is 1. The van der Waals surface area contributed by atoms with E-state index in [0.717, 1.165) is 6.54 Å². The van der Waals surface area contributed by atoms with Crippen molar-refractivity contribution in [3.8, 4) is 0 Å². The summed E-state index contributed by atoms with van der Waals surface area (Å²) in [5, 5.41) is 18.5. The Balaban J connectivity index is 2.28. The van der Waals surface area contributed by atoms with E-state index in [1.165, 1.54) is 0 Å². The highest BCUT2D eigenvalue weighted by Gasteiger charge is 2.31. The Hall–Kier alpha value is -0.810. The summed E-state index contributed by atoms with van der Waals surface area (Å²) in [7, 11) is 0. The Morgan fingerprint density at radius 3 is 2.67 bits per heavy atom. The lowest BCUT2D eigenvalue weighted by Crippen LogP contribution is -2.51. The molecule has 0 radical (unpaired) electrons. The minimum Gasteiger partial charge on any atom is -0.387 e. The monoisotopic (exact) mass is 215 g/mol. The van der Waals surface area contributed by atoms with Crippen molar-refractivity contribution in [2.45, 2.75) is 38.3 Å². The number of rotatable bonds is 2. The maximum absolute atomic E-state index is 11.4. The topological polar surface area (TPSA) is 73.4 Å². The van der Waals surface area contributed by atoms with Gasteiger partial charge in [0.15, 0.2) is 0 Å². The van der Waals surface area contributed by atoms with Crippen molar-refractivity contribution in [3.05, 3.63) is 0 Å². The van der Waals surface area contributed by atoms with Crippen LogP contribution in [0, 0.1) is 0 Å². The Bertz CT molecular complexity index is 229. The summed E-state index contributed by atoms with van der Waals surface area (Å²) in [5.74, 6) is 0. The van der Waals surface area contributed by atoms with E-state index in [2.05, 4.69) is 16.0 Å². The van der Waals surface area contributed by atoms with Gasteiger partial charge in [-0.05, 0) is 33.7 Å². The van der Waals surface area contributed by atoms with Crippen LogP contribution in [0.1, 0.15) is 27.2 Å². The summed E-state index contributed by atoms with van der Waals surface area (Å²) in [6.07, 6.45) is 0.683. The van der Waals surface area contributed by atoms with Crippen LogP contribution >= 0.6 is 0 Å². The van der Waals surface area contributed by atoms with Gasteiger partial charge in [-0.3, -0.25) is 0 Å². The van der Waals surface area contributed by atoms with Gasteiger partial charge in [-0.15, -0.1) is 0 Å². The van der Waals surface area contributed by atoms with Crippen molar-refractivity contribution in [2.75, 3.05) is 19.6 Å². The molecular formula is C10H21N3O2. The molecule has 2 amide bonds. The molecule has 1 fully saturated rings. The molecule has 1 atom stereocenters. The summed E-state index contributed by atoms with van der Waals surface area (Å²) >= 11 is 0. The second-order valence-corrected chi connectivity index (χ2v) is 5.21. The summed E-state index contributed by atoms with van der Waals surface area (Å²) in [6.45, 7) is 7.39. The van der Waals surface area contributed by atoms with Crippen LogP contribution < -0.4 is 16.0 Å². The zero-order valence-corrected chi connectivity index (χ0v) is 9.68. The number of urea groups is 1. The molecule has 0 aliphatic carbocycles. The van der Waals surface area contributed by atoms with Gasteiger partial charge in [0.1, 0.15) is 0 Å². The highest BCUT2D eigenvalue weighted by Crippen LogP contribution is 2.12. The van der Waals surface area contributed by atoms with Gasteiger partial charge < -0.3 is 21.1 Å². The van der Waals surface area contributed by atoms with Crippen LogP contribution in [0.3, 0.4) is 0 Å². The number of amides is 2. The molecule has 5 nitrogen and oxygen atoms in total. The predicted octanol–water partition coefficient (Wildman–Crippen LogP) is -0.191. The van der Waals surface area contributed by atoms with Gasteiger partial charge in [0.2, 0.25) is 0 Å². The van der Waals surface area contributed by atoms with E-state index in [-0.39, 0.29) is 11.6 Å². The Morgan fingerprint density at radius 1 is 1.53 bits per heavy atom. The van der Waals surface area contributed by atoms with Crippen LogP contribution in [-0.4, -0.2) is 41.9 Å². The number of hydrogen-bond acceptors (Lipinski definition) is 3. The van der Waals surface area contributed by atoms with Crippen LogP contribution in [-0.2, 0) is 0 Å². The molecule has 0 aromatic heterocycles. The van der Waals surface area contributed by atoms with Crippen molar-refractivity contribution in [1.29, 1.82) is 0 Å². The maximum Gasteiger partial charge on any atom is 0.315 e. The number of carbonyl (C=O) groups excluding carboxylic acids is 1. The molecule has 1 unspecified atom stereocenters. The first kappa shape index (κ1) is 12.3. The fourth-order valence-corrected chi connectivity index (χ4v) is 1.51. The lowest BCUT2D eigenvalue weighted by atomic mass is 10.0. The maximum atomic E-state index is 11.4. The number of β-amino-alcohol motifs (C(OH)–C–C–N with tert-alkyl or cyclic N) is 1. The third kappa shape index (κ3) is 4.48. The third-order valence-electron chi connectivity index (χ3n) is 2.29. The molecule has 1 rings (SSSR count). The molecule has 1 heterocycles. The summed E-state index contributed by atoms with van der Waals surface area (Å²) < 4.78 is 0. The second kappa shape index (κ2) is 4.37. The Morgan fingerprint density at radius 2 is 2.20 bits per heavy atom. The Kier molecular flexibility index (Phi) is 3.57. The zero-order chi connectivity index (χ0) is 11.5. The lowest BCUT2D eigenvalue weighted by molar-refractivity contribution is 0.0631. The van der Waals surface area contributed by atoms with Gasteiger partial charge in [0.25, 0.3) is 0 Å². The highest BCUT2D eigenvalue weighted by molar-refractivity contribution is 5.74. The van der Waals surface area contributed by atoms with E-state index in [0.29, 0.717) is 19.5 Å². The van der Waals surface area contributed by atoms with Gasteiger partial charge >= 0.3 is 6.03 Å². The van der Waals surface area contributed by atoms with E-state index in [1.807, 2.05) is 20.8 Å². The lowest BCUT2D eigenvalue weighted by Gasteiger charge is -2.25. The molecule has 1 aliphatic rings. The molecule has 1 aliphatic heterocycles. The third-order valence-corrected chi connectivity index (χ3v) is 2.29. The normalized spacial score (nSPS) is 26.4. The van der Waals surface area contributed by atoms with E-state index in [4.69, 9.17) is 0 Å². The first-order chi connectivity index (χ1) is 6.81. The summed E-state index contributed by atoms with van der Waals surface area (Å²) in [6, 6.07) is -0.233. The molecule has 4 N–H and O–H groups in total. The smallest absolute Gasteiger partial charge is 0.315 e. The fraction of sp³-hybridized carbons (Fsp3) is 0.900. The number of hydrogen-bond donors (Lipinski definition) is 4. The van der Waals surface area contributed by atoms with E-state index in [9.17, 15) is 9.90 Å². The molecule has 0 bridgehead atoms. The molecule has 15 heavy (non-hydrogen) atoms. The van der Waals surface area contributed by atoms with Gasteiger partial charge in [0.05, 0.1) is 5.60 Å². The molecule has 0 aromatic carbocycles. The highest BCUT2D eigenvalue weighted by atomic mass is 16.3. The van der Waals surface area contributed by atoms with E-state index in [1.54, 1.807) is 0 Å². The van der Waals surface area contributed by atoms with E-state index < -0.39 is 5.60 Å². The molecule has 0 aromatic rings. The average molecular weight is 215 g/mol.